The maximum atomic E-state index is 4.23. The molecule has 2 heteroatoms. The Morgan fingerprint density at radius 2 is 1.84 bits per heavy atom. The summed E-state index contributed by atoms with van der Waals surface area (Å²) in [5, 5.41) is 3.44. The van der Waals surface area contributed by atoms with Gasteiger partial charge in [-0.05, 0) is 55.6 Å². The molecule has 1 atom stereocenters. The summed E-state index contributed by atoms with van der Waals surface area (Å²) in [5.41, 5.74) is 4.93. The van der Waals surface area contributed by atoms with Crippen LogP contribution in [0.15, 0.2) is 42.6 Å². The molecule has 0 radical (unpaired) electrons. The number of hydrogen-bond acceptors (Lipinski definition) is 2. The molecule has 0 aliphatic rings. The minimum absolute atomic E-state index is 0.527. The third-order valence-electron chi connectivity index (χ3n) is 3.28. The summed E-state index contributed by atoms with van der Waals surface area (Å²) in [4.78, 5) is 4.23. The first-order valence-corrected chi connectivity index (χ1v) is 6.94. The van der Waals surface area contributed by atoms with Gasteiger partial charge in [0.1, 0.15) is 0 Å². The maximum absolute atomic E-state index is 4.23. The van der Waals surface area contributed by atoms with E-state index in [0.29, 0.717) is 6.04 Å². The van der Waals surface area contributed by atoms with Gasteiger partial charge in [-0.2, -0.15) is 0 Å². The van der Waals surface area contributed by atoms with Gasteiger partial charge < -0.3 is 5.32 Å². The number of pyridine rings is 1. The third-order valence-corrected chi connectivity index (χ3v) is 3.28. The van der Waals surface area contributed by atoms with Crippen molar-refractivity contribution in [3.05, 3.63) is 53.9 Å². The van der Waals surface area contributed by atoms with Gasteiger partial charge in [0.2, 0.25) is 0 Å². The average molecular weight is 254 g/mol. The van der Waals surface area contributed by atoms with E-state index in [1.807, 2.05) is 13.1 Å². The summed E-state index contributed by atoms with van der Waals surface area (Å²) in [6.07, 6.45) is 2.94. The topological polar surface area (TPSA) is 24.9 Å². The highest BCUT2D eigenvalue weighted by Crippen LogP contribution is 2.20. The van der Waals surface area contributed by atoms with Crippen LogP contribution in [-0.4, -0.2) is 17.6 Å². The van der Waals surface area contributed by atoms with Crippen molar-refractivity contribution in [3.63, 3.8) is 0 Å². The Morgan fingerprint density at radius 1 is 1.11 bits per heavy atom. The molecule has 2 nitrogen and oxygen atoms in total. The lowest BCUT2D eigenvalue weighted by Crippen LogP contribution is -2.27. The van der Waals surface area contributed by atoms with E-state index >= 15 is 0 Å². The van der Waals surface area contributed by atoms with Crippen molar-refractivity contribution in [1.82, 2.24) is 10.3 Å². The predicted molar refractivity (Wildman–Crippen MR) is 81.3 cm³/mol. The lowest BCUT2D eigenvalue weighted by Gasteiger charge is -2.12. The average Bonchev–Trinajstić information content (AvgIpc) is 2.40. The molecule has 19 heavy (non-hydrogen) atoms. The fourth-order valence-electron chi connectivity index (χ4n) is 2.33. The van der Waals surface area contributed by atoms with E-state index in [0.717, 1.165) is 18.7 Å². The Balaban J connectivity index is 2.10. The van der Waals surface area contributed by atoms with Gasteiger partial charge in [-0.3, -0.25) is 4.98 Å². The minimum atomic E-state index is 0.527. The van der Waals surface area contributed by atoms with Crippen LogP contribution in [0.2, 0.25) is 0 Å². The van der Waals surface area contributed by atoms with Crippen LogP contribution >= 0.6 is 0 Å². The Labute approximate surface area is 115 Å². The summed E-state index contributed by atoms with van der Waals surface area (Å²) in [5.74, 6) is 0. The minimum Gasteiger partial charge on any atom is -0.314 e. The molecule has 1 heterocycles. The highest BCUT2D eigenvalue weighted by Gasteiger charge is 2.03. The highest BCUT2D eigenvalue weighted by atomic mass is 14.9. The normalized spacial score (nSPS) is 12.4. The van der Waals surface area contributed by atoms with E-state index in [-0.39, 0.29) is 0 Å². The van der Waals surface area contributed by atoms with Crippen molar-refractivity contribution in [2.45, 2.75) is 33.2 Å². The van der Waals surface area contributed by atoms with Crippen LogP contribution in [0.5, 0.6) is 0 Å². The van der Waals surface area contributed by atoms with Gasteiger partial charge in [0, 0.05) is 17.9 Å². The van der Waals surface area contributed by atoms with Crippen molar-refractivity contribution in [3.8, 4) is 11.1 Å². The standard InChI is InChI=1S/C17H22N2/c1-4-18-13(2)11-15-5-7-16(8-6-15)17-9-10-19-14(3)12-17/h5-10,12-13,18H,4,11H2,1-3H3. The zero-order valence-corrected chi connectivity index (χ0v) is 12.0. The second-order valence-electron chi connectivity index (χ2n) is 5.05. The monoisotopic (exact) mass is 254 g/mol. The maximum Gasteiger partial charge on any atom is 0.0378 e. The molecule has 0 saturated carbocycles. The Hall–Kier alpha value is -1.67. The number of aryl methyl sites for hydroxylation is 1. The molecule has 0 bridgehead atoms. The van der Waals surface area contributed by atoms with Gasteiger partial charge >= 0.3 is 0 Å². The van der Waals surface area contributed by atoms with Crippen molar-refractivity contribution in [2.24, 2.45) is 0 Å². The van der Waals surface area contributed by atoms with Crippen molar-refractivity contribution < 1.29 is 0 Å². The summed E-state index contributed by atoms with van der Waals surface area (Å²) >= 11 is 0. The second kappa shape index (κ2) is 6.48. The predicted octanol–water partition coefficient (Wildman–Crippen LogP) is 3.60. The third kappa shape index (κ3) is 3.90. The zero-order valence-electron chi connectivity index (χ0n) is 12.0. The van der Waals surface area contributed by atoms with Crippen LogP contribution < -0.4 is 5.32 Å². The molecule has 1 N–H and O–H groups in total. The van der Waals surface area contributed by atoms with E-state index in [9.17, 15) is 0 Å². The van der Waals surface area contributed by atoms with E-state index in [2.05, 4.69) is 60.5 Å². The number of nitrogens with zero attached hydrogens (tertiary/aromatic N) is 1. The molecule has 2 aromatic rings. The largest absolute Gasteiger partial charge is 0.314 e. The Bertz CT molecular complexity index is 517. The molecule has 0 aliphatic heterocycles. The van der Waals surface area contributed by atoms with E-state index in [1.54, 1.807) is 0 Å². The first kappa shape index (κ1) is 13.8. The van der Waals surface area contributed by atoms with Crippen molar-refractivity contribution in [1.29, 1.82) is 0 Å². The summed E-state index contributed by atoms with van der Waals surface area (Å²) < 4.78 is 0. The first-order chi connectivity index (χ1) is 9.19. The summed E-state index contributed by atoms with van der Waals surface area (Å²) in [7, 11) is 0. The second-order valence-corrected chi connectivity index (χ2v) is 5.05. The van der Waals surface area contributed by atoms with Crippen LogP contribution in [-0.2, 0) is 6.42 Å². The van der Waals surface area contributed by atoms with Crippen LogP contribution in [0.1, 0.15) is 25.1 Å². The molecular formula is C17H22N2. The molecule has 0 saturated heterocycles. The van der Waals surface area contributed by atoms with Gasteiger partial charge in [0.05, 0.1) is 0 Å². The lowest BCUT2D eigenvalue weighted by molar-refractivity contribution is 0.565. The van der Waals surface area contributed by atoms with Gasteiger partial charge in [-0.15, -0.1) is 0 Å². The van der Waals surface area contributed by atoms with Crippen LogP contribution in [0, 0.1) is 6.92 Å². The summed E-state index contributed by atoms with van der Waals surface area (Å²) in [6, 6.07) is 13.5. The fourth-order valence-corrected chi connectivity index (χ4v) is 2.33. The number of rotatable bonds is 5. The van der Waals surface area contributed by atoms with E-state index in [1.165, 1.54) is 16.7 Å². The zero-order chi connectivity index (χ0) is 13.7. The molecule has 1 unspecified atom stereocenters. The van der Waals surface area contributed by atoms with Crippen LogP contribution in [0.25, 0.3) is 11.1 Å². The highest BCUT2D eigenvalue weighted by molar-refractivity contribution is 5.63. The number of nitrogens with one attached hydrogen (secondary N) is 1. The quantitative estimate of drug-likeness (QED) is 0.882. The fraction of sp³-hybridized carbons (Fsp3) is 0.353. The number of hydrogen-bond donors (Lipinski definition) is 1. The van der Waals surface area contributed by atoms with Gasteiger partial charge in [-0.1, -0.05) is 31.2 Å². The van der Waals surface area contributed by atoms with E-state index in [4.69, 9.17) is 0 Å². The van der Waals surface area contributed by atoms with Crippen molar-refractivity contribution in [2.75, 3.05) is 6.54 Å². The van der Waals surface area contributed by atoms with E-state index < -0.39 is 0 Å². The number of aromatic nitrogens is 1. The first-order valence-electron chi connectivity index (χ1n) is 6.94. The summed E-state index contributed by atoms with van der Waals surface area (Å²) in [6.45, 7) is 7.42. The smallest absolute Gasteiger partial charge is 0.0378 e. The van der Waals surface area contributed by atoms with Crippen LogP contribution in [0.4, 0.5) is 0 Å². The number of benzene rings is 1. The van der Waals surface area contributed by atoms with Crippen LogP contribution in [0.3, 0.4) is 0 Å². The molecule has 2 rings (SSSR count). The Morgan fingerprint density at radius 3 is 2.47 bits per heavy atom. The molecule has 0 aliphatic carbocycles. The molecule has 1 aromatic heterocycles. The molecule has 0 spiro atoms. The number of likely N-dealkylation sites (N-methyl/N-ethyl adjacent to an activating group) is 1. The SMILES string of the molecule is CCNC(C)Cc1ccc(-c2ccnc(C)c2)cc1. The lowest BCUT2D eigenvalue weighted by atomic mass is 10.0. The molecule has 100 valence electrons. The molecular weight excluding hydrogens is 232 g/mol. The Kier molecular flexibility index (Phi) is 4.69. The van der Waals surface area contributed by atoms with Gasteiger partial charge in [0.25, 0.3) is 0 Å². The molecule has 0 fully saturated rings. The van der Waals surface area contributed by atoms with Crippen molar-refractivity contribution >= 4 is 0 Å². The molecule has 0 amide bonds. The van der Waals surface area contributed by atoms with Gasteiger partial charge in [0.15, 0.2) is 0 Å². The molecule has 1 aromatic carbocycles. The van der Waals surface area contributed by atoms with Gasteiger partial charge in [-0.25, -0.2) is 0 Å².